The van der Waals surface area contributed by atoms with E-state index in [1.54, 1.807) is 11.3 Å². The lowest BCUT2D eigenvalue weighted by molar-refractivity contribution is 0.0998. The van der Waals surface area contributed by atoms with Crippen molar-refractivity contribution in [3.05, 3.63) is 34.7 Å². The van der Waals surface area contributed by atoms with E-state index in [0.29, 0.717) is 0 Å². The fraction of sp³-hybridized carbons (Fsp3) is 0.250. The highest BCUT2D eigenvalue weighted by Crippen LogP contribution is 2.28. The third kappa shape index (κ3) is 1.99. The van der Waals surface area contributed by atoms with Crippen molar-refractivity contribution >= 4 is 43.1 Å². The quantitative estimate of drug-likeness (QED) is 0.597. The van der Waals surface area contributed by atoms with Crippen molar-refractivity contribution in [2.24, 2.45) is 0 Å². The number of alkyl halides is 1. The van der Waals surface area contributed by atoms with Crippen LogP contribution in [0.15, 0.2) is 23.6 Å². The first-order chi connectivity index (χ1) is 7.09. The Labute approximate surface area is 101 Å². The molecule has 1 heterocycles. The second-order valence-corrected chi connectivity index (χ2v) is 5.91. The first-order valence-electron chi connectivity index (χ1n) is 4.75. The van der Waals surface area contributed by atoms with E-state index < -0.39 is 0 Å². The van der Waals surface area contributed by atoms with Crippen molar-refractivity contribution in [1.29, 1.82) is 0 Å². The molecule has 78 valence electrons. The molecule has 2 rings (SSSR count). The molecule has 0 aliphatic carbocycles. The van der Waals surface area contributed by atoms with E-state index in [9.17, 15) is 4.79 Å². The highest BCUT2D eigenvalue weighted by molar-refractivity contribution is 9.10. The van der Waals surface area contributed by atoms with Gasteiger partial charge in [0.1, 0.15) is 0 Å². The van der Waals surface area contributed by atoms with E-state index in [0.717, 1.165) is 10.9 Å². The summed E-state index contributed by atoms with van der Waals surface area (Å²) in [7, 11) is 0. The van der Waals surface area contributed by atoms with Crippen molar-refractivity contribution in [2.45, 2.75) is 18.7 Å². The van der Waals surface area contributed by atoms with Gasteiger partial charge < -0.3 is 0 Å². The molecule has 0 saturated heterocycles. The van der Waals surface area contributed by atoms with Crippen LogP contribution in [0.2, 0.25) is 0 Å². The number of aryl methyl sites for hydroxylation is 1. The van der Waals surface area contributed by atoms with Gasteiger partial charge in [-0.1, -0.05) is 27.6 Å². The zero-order valence-corrected chi connectivity index (χ0v) is 11.0. The molecule has 0 radical (unpaired) electrons. The SMILES string of the molecule is Cc1ccc2scc(C(=O)C(C)Br)c2c1. The van der Waals surface area contributed by atoms with Crippen molar-refractivity contribution in [1.82, 2.24) is 0 Å². The number of carbonyl (C=O) groups excluding carboxylic acids is 1. The van der Waals surface area contributed by atoms with Crippen molar-refractivity contribution in [2.75, 3.05) is 0 Å². The molecule has 0 aliphatic rings. The first kappa shape index (κ1) is 10.8. The summed E-state index contributed by atoms with van der Waals surface area (Å²) in [4.78, 5) is 11.8. The van der Waals surface area contributed by atoms with Gasteiger partial charge in [0.15, 0.2) is 5.78 Å². The van der Waals surface area contributed by atoms with Crippen LogP contribution in [0.1, 0.15) is 22.8 Å². The van der Waals surface area contributed by atoms with E-state index >= 15 is 0 Å². The number of hydrogen-bond acceptors (Lipinski definition) is 2. The van der Waals surface area contributed by atoms with Gasteiger partial charge >= 0.3 is 0 Å². The minimum atomic E-state index is -0.115. The predicted octanol–water partition coefficient (Wildman–Crippen LogP) is 4.18. The molecule has 0 bridgehead atoms. The number of carbonyl (C=O) groups is 1. The molecule has 0 saturated carbocycles. The second kappa shape index (κ2) is 4.06. The maximum Gasteiger partial charge on any atom is 0.177 e. The van der Waals surface area contributed by atoms with Crippen LogP contribution in [0.5, 0.6) is 0 Å². The van der Waals surface area contributed by atoms with Gasteiger partial charge in [-0.15, -0.1) is 11.3 Å². The molecule has 1 nitrogen and oxygen atoms in total. The Hall–Kier alpha value is -0.670. The molecule has 0 aliphatic heterocycles. The molecule has 1 atom stereocenters. The Morgan fingerprint density at radius 1 is 1.47 bits per heavy atom. The van der Waals surface area contributed by atoms with Gasteiger partial charge in [0.25, 0.3) is 0 Å². The average Bonchev–Trinajstić information content (AvgIpc) is 2.59. The second-order valence-electron chi connectivity index (χ2n) is 3.63. The number of thiophene rings is 1. The van der Waals surface area contributed by atoms with Crippen molar-refractivity contribution in [3.63, 3.8) is 0 Å². The summed E-state index contributed by atoms with van der Waals surface area (Å²) in [5.74, 6) is 0.159. The summed E-state index contributed by atoms with van der Waals surface area (Å²) in [6.45, 7) is 3.91. The van der Waals surface area contributed by atoms with Gasteiger partial charge in [-0.2, -0.15) is 0 Å². The van der Waals surface area contributed by atoms with Gasteiger partial charge in [0.05, 0.1) is 4.83 Å². The Bertz CT molecular complexity index is 513. The molecular formula is C12H11BrOS. The number of hydrogen-bond donors (Lipinski definition) is 0. The number of benzene rings is 1. The molecule has 15 heavy (non-hydrogen) atoms. The highest BCUT2D eigenvalue weighted by Gasteiger charge is 2.16. The first-order valence-corrected chi connectivity index (χ1v) is 6.55. The predicted molar refractivity (Wildman–Crippen MR) is 69.3 cm³/mol. The Morgan fingerprint density at radius 2 is 2.20 bits per heavy atom. The van der Waals surface area contributed by atoms with Crippen LogP contribution in [0, 0.1) is 6.92 Å². The van der Waals surface area contributed by atoms with Crippen LogP contribution in [0.25, 0.3) is 10.1 Å². The van der Waals surface area contributed by atoms with Gasteiger partial charge in [0, 0.05) is 21.0 Å². The fourth-order valence-electron chi connectivity index (χ4n) is 1.55. The minimum Gasteiger partial charge on any atom is -0.293 e. The number of rotatable bonds is 2. The molecule has 1 aromatic carbocycles. The van der Waals surface area contributed by atoms with E-state index in [2.05, 4.69) is 34.1 Å². The van der Waals surface area contributed by atoms with Gasteiger partial charge in [-0.05, 0) is 26.0 Å². The average molecular weight is 283 g/mol. The van der Waals surface area contributed by atoms with Crippen LogP contribution in [-0.4, -0.2) is 10.6 Å². The van der Waals surface area contributed by atoms with Gasteiger partial charge in [-0.3, -0.25) is 4.79 Å². The largest absolute Gasteiger partial charge is 0.293 e. The number of Topliss-reactive ketones (excluding diaryl/α,β-unsaturated/α-hetero) is 1. The lowest BCUT2D eigenvalue weighted by Crippen LogP contribution is -2.08. The molecule has 0 fully saturated rings. The normalized spacial score (nSPS) is 13.0. The van der Waals surface area contributed by atoms with Gasteiger partial charge in [-0.25, -0.2) is 0 Å². The Balaban J connectivity index is 2.62. The third-order valence-corrected chi connectivity index (χ3v) is 3.74. The third-order valence-electron chi connectivity index (χ3n) is 2.36. The molecule has 1 unspecified atom stereocenters. The molecule has 1 aromatic heterocycles. The molecule has 0 N–H and O–H groups in total. The summed E-state index contributed by atoms with van der Waals surface area (Å²) >= 11 is 4.95. The lowest BCUT2D eigenvalue weighted by atomic mass is 10.1. The van der Waals surface area contributed by atoms with Crippen molar-refractivity contribution in [3.8, 4) is 0 Å². The number of fused-ring (bicyclic) bond motifs is 1. The Morgan fingerprint density at radius 3 is 2.87 bits per heavy atom. The minimum absolute atomic E-state index is 0.115. The zero-order chi connectivity index (χ0) is 11.0. The lowest BCUT2D eigenvalue weighted by Gasteiger charge is -2.01. The molecule has 2 aromatic rings. The molecule has 0 spiro atoms. The summed E-state index contributed by atoms with van der Waals surface area (Å²) in [6.07, 6.45) is 0. The van der Waals surface area contributed by atoms with E-state index in [-0.39, 0.29) is 10.6 Å². The fourth-order valence-corrected chi connectivity index (χ4v) is 2.73. The molecular weight excluding hydrogens is 272 g/mol. The standard InChI is InChI=1S/C12H11BrOS/c1-7-3-4-11-9(5-7)10(6-15-11)12(14)8(2)13/h3-6,8H,1-2H3. The van der Waals surface area contributed by atoms with E-state index in [1.165, 1.54) is 10.3 Å². The van der Waals surface area contributed by atoms with Crippen LogP contribution >= 0.6 is 27.3 Å². The van der Waals surface area contributed by atoms with E-state index in [1.807, 2.05) is 19.2 Å². The highest BCUT2D eigenvalue weighted by atomic mass is 79.9. The maximum atomic E-state index is 11.9. The van der Waals surface area contributed by atoms with Crippen LogP contribution in [-0.2, 0) is 0 Å². The summed E-state index contributed by atoms with van der Waals surface area (Å²) in [6, 6.07) is 6.23. The zero-order valence-electron chi connectivity index (χ0n) is 8.58. The Kier molecular flexibility index (Phi) is 2.94. The van der Waals surface area contributed by atoms with Crippen LogP contribution in [0.4, 0.5) is 0 Å². The summed E-state index contributed by atoms with van der Waals surface area (Å²) < 4.78 is 1.18. The smallest absolute Gasteiger partial charge is 0.177 e. The number of ketones is 1. The topological polar surface area (TPSA) is 17.1 Å². The number of halogens is 1. The van der Waals surface area contributed by atoms with Crippen molar-refractivity contribution < 1.29 is 4.79 Å². The monoisotopic (exact) mass is 282 g/mol. The molecule has 3 heteroatoms. The summed E-state index contributed by atoms with van der Waals surface area (Å²) in [5.41, 5.74) is 2.03. The summed E-state index contributed by atoms with van der Waals surface area (Å²) in [5, 5.41) is 3.03. The van der Waals surface area contributed by atoms with E-state index in [4.69, 9.17) is 0 Å². The maximum absolute atomic E-state index is 11.9. The van der Waals surface area contributed by atoms with Crippen LogP contribution in [0.3, 0.4) is 0 Å². The van der Waals surface area contributed by atoms with Crippen LogP contribution < -0.4 is 0 Å². The molecule has 0 amide bonds. The van der Waals surface area contributed by atoms with Gasteiger partial charge in [0.2, 0.25) is 0 Å².